The van der Waals surface area contributed by atoms with Gasteiger partial charge in [-0.15, -0.1) is 18.0 Å². The molecule has 0 saturated carbocycles. The molecule has 1 nitrogen and oxygen atoms in total. The van der Waals surface area contributed by atoms with E-state index in [-0.39, 0.29) is 0 Å². The highest BCUT2D eigenvalue weighted by molar-refractivity contribution is 6.17. The van der Waals surface area contributed by atoms with Gasteiger partial charge < -0.3 is 5.11 Å². The van der Waals surface area contributed by atoms with Crippen molar-refractivity contribution in [3.63, 3.8) is 0 Å². The van der Waals surface area contributed by atoms with Crippen LogP contribution in [0.25, 0.3) is 0 Å². The van der Waals surface area contributed by atoms with Gasteiger partial charge in [-0.25, -0.2) is 0 Å². The fraction of sp³-hybridized carbons (Fsp3) is 0.857. The van der Waals surface area contributed by atoms with E-state index in [0.29, 0.717) is 0 Å². The summed E-state index contributed by atoms with van der Waals surface area (Å²) in [6, 6.07) is 0. The monoisotopic (exact) mass is 244 g/mol. The number of aliphatic hydroxyl groups is 1. The van der Waals surface area contributed by atoms with Crippen molar-refractivity contribution < 1.29 is 5.11 Å². The van der Waals surface area contributed by atoms with Crippen LogP contribution in [0.15, 0.2) is 0 Å². The average Bonchev–Trinajstić information content (AvgIpc) is 2.31. The van der Waals surface area contributed by atoms with E-state index in [2.05, 4.69) is 5.92 Å². The molecule has 0 rings (SSSR count). The third-order valence-corrected chi connectivity index (χ3v) is 3.07. The van der Waals surface area contributed by atoms with Crippen LogP contribution in [-0.2, 0) is 0 Å². The first-order chi connectivity index (χ1) is 7.81. The Labute approximate surface area is 106 Å². The molecule has 0 amide bonds. The molecule has 0 aliphatic heterocycles. The van der Waals surface area contributed by atoms with Crippen molar-refractivity contribution in [2.75, 3.05) is 5.88 Å². The van der Waals surface area contributed by atoms with Crippen LogP contribution in [0, 0.1) is 12.3 Å². The van der Waals surface area contributed by atoms with Gasteiger partial charge in [-0.1, -0.05) is 50.9 Å². The number of alkyl halides is 1. The normalized spacial score (nSPS) is 12.3. The van der Waals surface area contributed by atoms with Gasteiger partial charge in [0, 0.05) is 5.88 Å². The van der Waals surface area contributed by atoms with Crippen LogP contribution >= 0.6 is 11.6 Å². The van der Waals surface area contributed by atoms with Gasteiger partial charge in [-0.2, -0.15) is 0 Å². The maximum absolute atomic E-state index is 9.13. The Morgan fingerprint density at radius 1 is 0.875 bits per heavy atom. The Hall–Kier alpha value is -0.190. The summed E-state index contributed by atoms with van der Waals surface area (Å²) in [7, 11) is 0. The summed E-state index contributed by atoms with van der Waals surface area (Å²) in [4.78, 5) is 0. The second kappa shape index (κ2) is 12.9. The first-order valence-corrected chi connectivity index (χ1v) is 7.05. The summed E-state index contributed by atoms with van der Waals surface area (Å²) >= 11 is 5.60. The summed E-state index contributed by atoms with van der Waals surface area (Å²) < 4.78 is 0. The quantitative estimate of drug-likeness (QED) is 0.329. The van der Waals surface area contributed by atoms with Gasteiger partial charge in [0.25, 0.3) is 0 Å². The zero-order valence-corrected chi connectivity index (χ0v) is 11.0. The largest absolute Gasteiger partial charge is 0.380 e. The zero-order valence-electron chi connectivity index (χ0n) is 10.3. The van der Waals surface area contributed by atoms with Crippen LogP contribution in [0.2, 0.25) is 0 Å². The van der Waals surface area contributed by atoms with E-state index in [4.69, 9.17) is 23.1 Å². The Balaban J connectivity index is 2.96. The number of unbranched alkanes of at least 4 members (excludes halogenated alkanes) is 8. The molecule has 0 aliphatic rings. The lowest BCUT2D eigenvalue weighted by molar-refractivity contribution is 0.217. The van der Waals surface area contributed by atoms with Crippen molar-refractivity contribution >= 4 is 11.6 Å². The average molecular weight is 245 g/mol. The van der Waals surface area contributed by atoms with Crippen LogP contribution in [0.5, 0.6) is 0 Å². The predicted molar refractivity (Wildman–Crippen MR) is 71.7 cm³/mol. The van der Waals surface area contributed by atoms with Gasteiger partial charge in [0.05, 0.1) is 0 Å². The van der Waals surface area contributed by atoms with Crippen LogP contribution in [0.4, 0.5) is 0 Å². The van der Waals surface area contributed by atoms with Gasteiger partial charge in [0.2, 0.25) is 0 Å². The lowest BCUT2D eigenvalue weighted by atomic mass is 10.1. The lowest BCUT2D eigenvalue weighted by Crippen LogP contribution is -2.01. The Morgan fingerprint density at radius 3 is 1.75 bits per heavy atom. The van der Waals surface area contributed by atoms with Crippen molar-refractivity contribution in [2.45, 2.75) is 70.3 Å². The molecule has 0 heterocycles. The molecule has 0 bridgehead atoms. The molecule has 2 heteroatoms. The molecule has 0 aromatic heterocycles. The molecule has 0 fully saturated rings. The van der Waals surface area contributed by atoms with E-state index in [1.54, 1.807) is 0 Å². The molecule has 0 saturated heterocycles. The van der Waals surface area contributed by atoms with E-state index in [1.165, 1.54) is 44.9 Å². The molecule has 0 radical (unpaired) electrons. The second-order valence-corrected chi connectivity index (χ2v) is 4.72. The topological polar surface area (TPSA) is 20.2 Å². The zero-order chi connectivity index (χ0) is 12.1. The Morgan fingerprint density at radius 2 is 1.31 bits per heavy atom. The highest BCUT2D eigenvalue weighted by Gasteiger charge is 1.97. The highest BCUT2D eigenvalue weighted by atomic mass is 35.5. The van der Waals surface area contributed by atoms with Crippen LogP contribution in [-0.4, -0.2) is 17.1 Å². The third kappa shape index (κ3) is 11.9. The fourth-order valence-corrected chi connectivity index (χ4v) is 1.94. The number of halogens is 1. The molecular formula is C14H25ClO. The molecule has 1 atom stereocenters. The van der Waals surface area contributed by atoms with Gasteiger partial charge >= 0.3 is 0 Å². The predicted octanol–water partition coefficient (Wildman–Crippen LogP) is 4.12. The summed E-state index contributed by atoms with van der Waals surface area (Å²) in [5.41, 5.74) is 0. The molecule has 1 unspecified atom stereocenters. The van der Waals surface area contributed by atoms with Crippen LogP contribution in [0.3, 0.4) is 0 Å². The Bertz CT molecular complexity index is 174. The summed E-state index contributed by atoms with van der Waals surface area (Å²) in [6.45, 7) is 0. The van der Waals surface area contributed by atoms with E-state index in [0.717, 1.165) is 25.1 Å². The van der Waals surface area contributed by atoms with Crippen LogP contribution < -0.4 is 0 Å². The van der Waals surface area contributed by atoms with E-state index in [1.807, 2.05) is 0 Å². The smallest absolute Gasteiger partial charge is 0.114 e. The molecule has 1 N–H and O–H groups in total. The van der Waals surface area contributed by atoms with Crippen molar-refractivity contribution in [3.8, 4) is 12.3 Å². The molecule has 0 aromatic carbocycles. The first kappa shape index (κ1) is 15.8. The van der Waals surface area contributed by atoms with E-state index >= 15 is 0 Å². The molecule has 0 aliphatic carbocycles. The standard InChI is InChI=1S/C14H25ClO/c1-2-14(16)12-10-8-6-4-3-5-7-9-11-13-15/h1,14,16H,3-13H2. The van der Waals surface area contributed by atoms with Crippen molar-refractivity contribution in [3.05, 3.63) is 0 Å². The molecule has 94 valence electrons. The van der Waals surface area contributed by atoms with Gasteiger partial charge in [-0.05, 0) is 19.3 Å². The van der Waals surface area contributed by atoms with Gasteiger partial charge in [0.1, 0.15) is 6.10 Å². The fourth-order valence-electron chi connectivity index (χ4n) is 1.75. The summed E-state index contributed by atoms with van der Waals surface area (Å²) in [5.74, 6) is 3.14. The van der Waals surface area contributed by atoms with Crippen molar-refractivity contribution in [1.29, 1.82) is 0 Å². The first-order valence-electron chi connectivity index (χ1n) is 6.51. The minimum Gasteiger partial charge on any atom is -0.380 e. The maximum atomic E-state index is 9.13. The number of rotatable bonds is 11. The van der Waals surface area contributed by atoms with Gasteiger partial charge in [-0.3, -0.25) is 0 Å². The van der Waals surface area contributed by atoms with E-state index in [9.17, 15) is 0 Å². The third-order valence-electron chi connectivity index (χ3n) is 2.80. The second-order valence-electron chi connectivity index (χ2n) is 4.34. The molecule has 0 aromatic rings. The minimum atomic E-state index is -0.532. The van der Waals surface area contributed by atoms with Crippen molar-refractivity contribution in [2.24, 2.45) is 0 Å². The number of hydrogen-bond acceptors (Lipinski definition) is 1. The number of terminal acetylenes is 1. The molecule has 16 heavy (non-hydrogen) atoms. The lowest BCUT2D eigenvalue weighted by Gasteiger charge is -2.03. The minimum absolute atomic E-state index is 0.532. The molecule has 0 spiro atoms. The molecular weight excluding hydrogens is 220 g/mol. The SMILES string of the molecule is C#CC(O)CCCCCCCCCCCCl. The number of hydrogen-bond donors (Lipinski definition) is 1. The number of aliphatic hydroxyl groups excluding tert-OH is 1. The van der Waals surface area contributed by atoms with Gasteiger partial charge in [0.15, 0.2) is 0 Å². The van der Waals surface area contributed by atoms with Crippen LogP contribution in [0.1, 0.15) is 64.2 Å². The highest BCUT2D eigenvalue weighted by Crippen LogP contribution is 2.11. The summed E-state index contributed by atoms with van der Waals surface area (Å²) in [5, 5.41) is 9.13. The van der Waals surface area contributed by atoms with Crippen molar-refractivity contribution in [1.82, 2.24) is 0 Å². The maximum Gasteiger partial charge on any atom is 0.114 e. The summed E-state index contributed by atoms with van der Waals surface area (Å²) in [6.07, 6.45) is 16.6. The Kier molecular flexibility index (Phi) is 12.7. The van der Waals surface area contributed by atoms with E-state index < -0.39 is 6.10 Å².